The zero-order valence-corrected chi connectivity index (χ0v) is 27.7. The van der Waals surface area contributed by atoms with E-state index >= 15 is 0 Å². The zero-order valence-electron chi connectivity index (χ0n) is 27.7. The molecule has 0 fully saturated rings. The predicted molar refractivity (Wildman–Crippen MR) is 181 cm³/mol. The van der Waals surface area contributed by atoms with Gasteiger partial charge < -0.3 is 5.73 Å². The van der Waals surface area contributed by atoms with Crippen molar-refractivity contribution in [2.75, 3.05) is 6.54 Å². The molecular formula is C38H79N. The number of hydrogen-bond acceptors (Lipinski definition) is 1. The molecule has 1 heteroatoms. The number of unbranched alkanes of at least 4 members (excludes halogenated alkanes) is 35. The average Bonchev–Trinajstić information content (AvgIpc) is 2.95. The Balaban J connectivity index is 3.01. The molecule has 0 atom stereocenters. The maximum Gasteiger partial charge on any atom is -0.00773 e. The second kappa shape index (κ2) is 38.0. The van der Waals surface area contributed by atoms with E-state index in [0.717, 1.165) is 6.54 Å². The van der Waals surface area contributed by atoms with Crippen LogP contribution in [-0.4, -0.2) is 6.54 Å². The summed E-state index contributed by atoms with van der Waals surface area (Å²) in [5.74, 6) is 0. The molecule has 0 saturated carbocycles. The monoisotopic (exact) mass is 550 g/mol. The smallest absolute Gasteiger partial charge is 0.00773 e. The Morgan fingerprint density at radius 2 is 0.333 bits per heavy atom. The van der Waals surface area contributed by atoms with Crippen molar-refractivity contribution in [2.24, 2.45) is 5.73 Å². The van der Waals surface area contributed by atoms with Gasteiger partial charge in [0.05, 0.1) is 0 Å². The number of rotatable bonds is 36. The van der Waals surface area contributed by atoms with Crippen molar-refractivity contribution in [1.29, 1.82) is 0 Å². The Morgan fingerprint density at radius 3 is 0.462 bits per heavy atom. The summed E-state index contributed by atoms with van der Waals surface area (Å²) in [4.78, 5) is 0. The normalized spacial score (nSPS) is 11.5. The fourth-order valence-electron chi connectivity index (χ4n) is 6.23. The Morgan fingerprint density at radius 1 is 0.205 bits per heavy atom. The summed E-state index contributed by atoms with van der Waals surface area (Å²) in [6.07, 6.45) is 52.8. The summed E-state index contributed by atoms with van der Waals surface area (Å²) < 4.78 is 0. The van der Waals surface area contributed by atoms with E-state index < -0.39 is 0 Å². The molecule has 0 saturated heterocycles. The van der Waals surface area contributed by atoms with Crippen LogP contribution in [0.15, 0.2) is 0 Å². The molecule has 0 rings (SSSR count). The van der Waals surface area contributed by atoms with Crippen molar-refractivity contribution < 1.29 is 0 Å². The fourth-order valence-corrected chi connectivity index (χ4v) is 6.23. The molecule has 0 bridgehead atoms. The quantitative estimate of drug-likeness (QED) is 0.0772. The Labute approximate surface area is 250 Å². The highest BCUT2D eigenvalue weighted by molar-refractivity contribution is 4.53. The van der Waals surface area contributed by atoms with Crippen molar-refractivity contribution >= 4 is 0 Å². The van der Waals surface area contributed by atoms with Crippen LogP contribution >= 0.6 is 0 Å². The van der Waals surface area contributed by atoms with E-state index in [9.17, 15) is 0 Å². The highest BCUT2D eigenvalue weighted by Gasteiger charge is 1.97. The first-order chi connectivity index (χ1) is 19.4. The largest absolute Gasteiger partial charge is 0.330 e. The van der Waals surface area contributed by atoms with Gasteiger partial charge in [-0.05, 0) is 13.0 Å². The minimum atomic E-state index is 0.875. The van der Waals surface area contributed by atoms with Gasteiger partial charge in [0, 0.05) is 0 Å². The molecule has 0 aromatic rings. The minimum absolute atomic E-state index is 0.875. The lowest BCUT2D eigenvalue weighted by molar-refractivity contribution is 0.510. The molecule has 0 amide bonds. The van der Waals surface area contributed by atoms with Crippen molar-refractivity contribution in [1.82, 2.24) is 0 Å². The topological polar surface area (TPSA) is 26.0 Å². The van der Waals surface area contributed by atoms with Gasteiger partial charge in [0.1, 0.15) is 0 Å². The van der Waals surface area contributed by atoms with E-state index in [0.29, 0.717) is 0 Å². The van der Waals surface area contributed by atoms with Crippen LogP contribution in [0, 0.1) is 0 Å². The highest BCUT2D eigenvalue weighted by atomic mass is 14.5. The molecule has 0 spiro atoms. The third-order valence-corrected chi connectivity index (χ3v) is 9.06. The number of hydrogen-bond donors (Lipinski definition) is 1. The molecule has 0 aromatic carbocycles. The van der Waals surface area contributed by atoms with Crippen molar-refractivity contribution in [3.05, 3.63) is 0 Å². The van der Waals surface area contributed by atoms with Crippen LogP contribution in [0.4, 0.5) is 0 Å². The van der Waals surface area contributed by atoms with Crippen LogP contribution in [0.3, 0.4) is 0 Å². The predicted octanol–water partition coefficient (Wildman–Crippen LogP) is 14.0. The summed E-state index contributed by atoms with van der Waals surface area (Å²) in [5.41, 5.74) is 5.55. The summed E-state index contributed by atoms with van der Waals surface area (Å²) in [5, 5.41) is 0. The molecule has 1 nitrogen and oxygen atoms in total. The second-order valence-corrected chi connectivity index (χ2v) is 13.2. The van der Waals surface area contributed by atoms with Gasteiger partial charge >= 0.3 is 0 Å². The van der Waals surface area contributed by atoms with Gasteiger partial charge in [-0.2, -0.15) is 0 Å². The van der Waals surface area contributed by atoms with E-state index in [-0.39, 0.29) is 0 Å². The van der Waals surface area contributed by atoms with Crippen LogP contribution in [0.1, 0.15) is 238 Å². The molecule has 0 radical (unpaired) electrons. The third-order valence-electron chi connectivity index (χ3n) is 9.06. The van der Waals surface area contributed by atoms with E-state index in [4.69, 9.17) is 5.73 Å². The summed E-state index contributed by atoms with van der Waals surface area (Å²) >= 11 is 0. The van der Waals surface area contributed by atoms with Crippen LogP contribution < -0.4 is 5.73 Å². The SMILES string of the molecule is CCCCCCCCCCCCCCCCCCCCCCCCCCCCCCCCCCCCCCN. The zero-order chi connectivity index (χ0) is 28.2. The van der Waals surface area contributed by atoms with Crippen LogP contribution in [0.5, 0.6) is 0 Å². The molecule has 2 N–H and O–H groups in total. The van der Waals surface area contributed by atoms with Crippen LogP contribution in [-0.2, 0) is 0 Å². The maximum absolute atomic E-state index is 5.55. The summed E-state index contributed by atoms with van der Waals surface area (Å²) in [7, 11) is 0. The lowest BCUT2D eigenvalue weighted by Gasteiger charge is -2.05. The molecule has 39 heavy (non-hydrogen) atoms. The molecule has 0 aliphatic carbocycles. The van der Waals surface area contributed by atoms with Crippen molar-refractivity contribution in [3.63, 3.8) is 0 Å². The number of nitrogens with two attached hydrogens (primary N) is 1. The van der Waals surface area contributed by atoms with Gasteiger partial charge in [-0.3, -0.25) is 0 Å². The molecule has 0 unspecified atom stereocenters. The lowest BCUT2D eigenvalue weighted by atomic mass is 10.0. The summed E-state index contributed by atoms with van der Waals surface area (Å²) in [6, 6.07) is 0. The van der Waals surface area contributed by atoms with E-state index in [1.165, 1.54) is 231 Å². The first kappa shape index (κ1) is 39.0. The van der Waals surface area contributed by atoms with E-state index in [1.54, 1.807) is 0 Å². The first-order valence-electron chi connectivity index (χ1n) is 19.1. The van der Waals surface area contributed by atoms with Crippen LogP contribution in [0.2, 0.25) is 0 Å². The standard InChI is InChI=1S/C38H79N/c1-2-3-4-5-6-7-8-9-10-11-12-13-14-15-16-17-18-19-20-21-22-23-24-25-26-27-28-29-30-31-32-33-34-35-36-37-38-39/h2-39H2,1H3. The van der Waals surface area contributed by atoms with Crippen molar-refractivity contribution in [2.45, 2.75) is 238 Å². The Kier molecular flexibility index (Phi) is 37.9. The van der Waals surface area contributed by atoms with Gasteiger partial charge in [0.25, 0.3) is 0 Å². The third kappa shape index (κ3) is 38.0. The Hall–Kier alpha value is -0.0400. The van der Waals surface area contributed by atoms with Crippen molar-refractivity contribution in [3.8, 4) is 0 Å². The molecule has 0 aliphatic rings. The molecule has 0 aliphatic heterocycles. The Bertz CT molecular complexity index is 356. The fraction of sp³-hybridized carbons (Fsp3) is 1.00. The lowest BCUT2D eigenvalue weighted by Crippen LogP contribution is -1.97. The molecule has 236 valence electrons. The average molecular weight is 550 g/mol. The van der Waals surface area contributed by atoms with Gasteiger partial charge in [-0.1, -0.05) is 232 Å². The van der Waals surface area contributed by atoms with Crippen LogP contribution in [0.25, 0.3) is 0 Å². The molecular weight excluding hydrogens is 470 g/mol. The highest BCUT2D eigenvalue weighted by Crippen LogP contribution is 2.17. The van der Waals surface area contributed by atoms with Gasteiger partial charge in [0.2, 0.25) is 0 Å². The maximum atomic E-state index is 5.55. The van der Waals surface area contributed by atoms with Gasteiger partial charge in [-0.15, -0.1) is 0 Å². The summed E-state index contributed by atoms with van der Waals surface area (Å²) in [6.45, 7) is 3.18. The first-order valence-corrected chi connectivity index (χ1v) is 19.1. The van der Waals surface area contributed by atoms with Gasteiger partial charge in [0.15, 0.2) is 0 Å². The van der Waals surface area contributed by atoms with E-state index in [1.807, 2.05) is 0 Å². The minimum Gasteiger partial charge on any atom is -0.330 e. The molecule has 0 heterocycles. The molecule has 0 aromatic heterocycles. The second-order valence-electron chi connectivity index (χ2n) is 13.2. The van der Waals surface area contributed by atoms with E-state index in [2.05, 4.69) is 6.92 Å². The van der Waals surface area contributed by atoms with Gasteiger partial charge in [-0.25, -0.2) is 0 Å².